The lowest BCUT2D eigenvalue weighted by Gasteiger charge is -2.17. The van der Waals surface area contributed by atoms with Crippen LogP contribution in [-0.4, -0.2) is 39.4 Å². The van der Waals surface area contributed by atoms with Gasteiger partial charge in [-0.1, -0.05) is 12.1 Å². The fourth-order valence-corrected chi connectivity index (χ4v) is 1.89. The Bertz CT molecular complexity index is 417. The summed E-state index contributed by atoms with van der Waals surface area (Å²) in [6, 6.07) is 6.90. The molecule has 0 saturated carbocycles. The van der Waals surface area contributed by atoms with Crippen molar-refractivity contribution in [2.24, 2.45) is 0 Å². The highest BCUT2D eigenvalue weighted by atomic mass is 16.5. The van der Waals surface area contributed by atoms with Gasteiger partial charge in [0.2, 0.25) is 0 Å². The zero-order valence-corrected chi connectivity index (χ0v) is 13.2. The molecule has 0 aromatic heterocycles. The molecule has 0 spiro atoms. The molecule has 0 bridgehead atoms. The lowest BCUT2D eigenvalue weighted by molar-refractivity contribution is -0.143. The van der Waals surface area contributed by atoms with Gasteiger partial charge in [0, 0.05) is 6.61 Å². The second-order valence-corrected chi connectivity index (χ2v) is 4.96. The van der Waals surface area contributed by atoms with E-state index in [4.69, 9.17) is 14.2 Å². The Labute approximate surface area is 126 Å². The van der Waals surface area contributed by atoms with Gasteiger partial charge in [0.05, 0.1) is 20.3 Å². The van der Waals surface area contributed by atoms with Crippen molar-refractivity contribution in [3.05, 3.63) is 29.8 Å². The number of carbonyl (C=O) groups is 1. The third-order valence-electron chi connectivity index (χ3n) is 3.01. The summed E-state index contributed by atoms with van der Waals surface area (Å²) in [5.41, 5.74) is 0.854. The average molecular weight is 295 g/mol. The quantitative estimate of drug-likeness (QED) is 0.559. The first-order chi connectivity index (χ1) is 10.1. The van der Waals surface area contributed by atoms with Crippen LogP contribution in [0.2, 0.25) is 0 Å². The first kappa shape index (κ1) is 17.5. The van der Waals surface area contributed by atoms with Gasteiger partial charge in [-0.3, -0.25) is 0 Å². The number of hydrogen-bond acceptors (Lipinski definition) is 5. The average Bonchev–Trinajstić information content (AvgIpc) is 2.50. The first-order valence-electron chi connectivity index (χ1n) is 7.15. The fourth-order valence-electron chi connectivity index (χ4n) is 1.89. The van der Waals surface area contributed by atoms with Crippen LogP contribution < -0.4 is 10.1 Å². The number of benzene rings is 1. The Morgan fingerprint density at radius 3 is 2.38 bits per heavy atom. The standard InChI is InChI=1S/C16H25NO4/c1-12(2)21-11-5-10-17-15(16(18)20-4)13-6-8-14(19-3)9-7-13/h6-9,12,15,17H,5,10-11H2,1-4H3. The van der Waals surface area contributed by atoms with Crippen LogP contribution in [0.15, 0.2) is 24.3 Å². The van der Waals surface area contributed by atoms with Gasteiger partial charge in [-0.15, -0.1) is 0 Å². The Morgan fingerprint density at radius 1 is 1.19 bits per heavy atom. The SMILES string of the molecule is COC(=O)C(NCCCOC(C)C)c1ccc(OC)cc1. The summed E-state index contributed by atoms with van der Waals surface area (Å²) < 4.78 is 15.4. The Kier molecular flexibility index (Phi) is 7.79. The third-order valence-corrected chi connectivity index (χ3v) is 3.01. The van der Waals surface area contributed by atoms with Crippen LogP contribution in [0.4, 0.5) is 0 Å². The summed E-state index contributed by atoms with van der Waals surface area (Å²) in [7, 11) is 3.00. The number of rotatable bonds is 9. The predicted octanol–water partition coefficient (Wildman–Crippen LogP) is 2.31. The number of nitrogens with one attached hydrogen (secondary N) is 1. The number of ether oxygens (including phenoxy) is 3. The molecule has 5 heteroatoms. The fraction of sp³-hybridized carbons (Fsp3) is 0.562. The van der Waals surface area contributed by atoms with E-state index in [2.05, 4.69) is 5.32 Å². The van der Waals surface area contributed by atoms with Crippen molar-refractivity contribution in [1.29, 1.82) is 0 Å². The number of methoxy groups -OCH3 is 2. The number of esters is 1. The number of carbonyl (C=O) groups excluding carboxylic acids is 1. The smallest absolute Gasteiger partial charge is 0.327 e. The van der Waals surface area contributed by atoms with Crippen molar-refractivity contribution in [2.45, 2.75) is 32.4 Å². The minimum absolute atomic E-state index is 0.225. The molecule has 5 nitrogen and oxygen atoms in total. The zero-order chi connectivity index (χ0) is 15.7. The molecule has 0 saturated heterocycles. The van der Waals surface area contributed by atoms with E-state index in [9.17, 15) is 4.79 Å². The molecule has 0 radical (unpaired) electrons. The second-order valence-electron chi connectivity index (χ2n) is 4.96. The predicted molar refractivity (Wildman–Crippen MR) is 81.5 cm³/mol. The van der Waals surface area contributed by atoms with E-state index in [0.29, 0.717) is 13.2 Å². The van der Waals surface area contributed by atoms with E-state index >= 15 is 0 Å². The van der Waals surface area contributed by atoms with E-state index in [-0.39, 0.29) is 12.1 Å². The van der Waals surface area contributed by atoms with E-state index < -0.39 is 6.04 Å². The Hall–Kier alpha value is -1.59. The van der Waals surface area contributed by atoms with Crippen molar-refractivity contribution < 1.29 is 19.0 Å². The molecular weight excluding hydrogens is 270 g/mol. The molecule has 0 aliphatic carbocycles. The van der Waals surface area contributed by atoms with E-state index in [1.54, 1.807) is 7.11 Å². The van der Waals surface area contributed by atoms with Crippen molar-refractivity contribution in [2.75, 3.05) is 27.4 Å². The van der Waals surface area contributed by atoms with Crippen LogP contribution in [0, 0.1) is 0 Å². The first-order valence-corrected chi connectivity index (χ1v) is 7.15. The van der Waals surface area contributed by atoms with Crippen LogP contribution in [0.3, 0.4) is 0 Å². The van der Waals surface area contributed by atoms with Crippen LogP contribution in [-0.2, 0) is 14.3 Å². The second kappa shape index (κ2) is 9.37. The Balaban J connectivity index is 2.57. The largest absolute Gasteiger partial charge is 0.497 e. The highest BCUT2D eigenvalue weighted by Crippen LogP contribution is 2.18. The van der Waals surface area contributed by atoms with Crippen molar-refractivity contribution in [3.8, 4) is 5.75 Å². The molecule has 1 N–H and O–H groups in total. The third kappa shape index (κ3) is 6.14. The maximum atomic E-state index is 11.9. The summed E-state index contributed by atoms with van der Waals surface area (Å²) in [5.74, 6) is 0.456. The maximum Gasteiger partial charge on any atom is 0.327 e. The lowest BCUT2D eigenvalue weighted by Crippen LogP contribution is -2.31. The van der Waals surface area contributed by atoms with E-state index in [1.807, 2.05) is 38.1 Å². The number of hydrogen-bond donors (Lipinski definition) is 1. The normalized spacial score (nSPS) is 12.2. The molecule has 118 valence electrons. The van der Waals surface area contributed by atoms with Crippen LogP contribution in [0.25, 0.3) is 0 Å². The molecule has 1 atom stereocenters. The lowest BCUT2D eigenvalue weighted by atomic mass is 10.1. The van der Waals surface area contributed by atoms with Crippen LogP contribution in [0.1, 0.15) is 31.9 Å². The van der Waals surface area contributed by atoms with Gasteiger partial charge in [0.1, 0.15) is 11.8 Å². The van der Waals surface area contributed by atoms with Gasteiger partial charge < -0.3 is 19.5 Å². The van der Waals surface area contributed by atoms with Crippen molar-refractivity contribution >= 4 is 5.97 Å². The highest BCUT2D eigenvalue weighted by Gasteiger charge is 2.20. The van der Waals surface area contributed by atoms with E-state index in [0.717, 1.165) is 17.7 Å². The van der Waals surface area contributed by atoms with Gasteiger partial charge in [-0.25, -0.2) is 4.79 Å². The summed E-state index contributed by atoms with van der Waals surface area (Å²) in [6.07, 6.45) is 1.06. The molecule has 0 aliphatic heterocycles. The van der Waals surface area contributed by atoms with Crippen LogP contribution in [0.5, 0.6) is 5.75 Å². The van der Waals surface area contributed by atoms with Gasteiger partial charge in [-0.05, 0) is 44.5 Å². The highest BCUT2D eigenvalue weighted by molar-refractivity contribution is 5.77. The van der Waals surface area contributed by atoms with Gasteiger partial charge in [0.25, 0.3) is 0 Å². The zero-order valence-electron chi connectivity index (χ0n) is 13.2. The maximum absolute atomic E-state index is 11.9. The summed E-state index contributed by atoms with van der Waals surface area (Å²) >= 11 is 0. The summed E-state index contributed by atoms with van der Waals surface area (Å²) in [4.78, 5) is 11.9. The van der Waals surface area contributed by atoms with Crippen LogP contribution >= 0.6 is 0 Å². The van der Waals surface area contributed by atoms with Gasteiger partial charge in [-0.2, -0.15) is 0 Å². The van der Waals surface area contributed by atoms with Gasteiger partial charge in [0.15, 0.2) is 0 Å². The molecule has 0 fully saturated rings. The Morgan fingerprint density at radius 2 is 1.86 bits per heavy atom. The molecule has 1 unspecified atom stereocenters. The van der Waals surface area contributed by atoms with Crippen molar-refractivity contribution in [3.63, 3.8) is 0 Å². The molecule has 21 heavy (non-hydrogen) atoms. The monoisotopic (exact) mass is 295 g/mol. The topological polar surface area (TPSA) is 56.8 Å². The van der Waals surface area contributed by atoms with Crippen molar-refractivity contribution in [1.82, 2.24) is 5.32 Å². The molecule has 1 rings (SSSR count). The molecule has 1 aromatic rings. The molecule has 0 amide bonds. The van der Waals surface area contributed by atoms with Gasteiger partial charge >= 0.3 is 5.97 Å². The summed E-state index contributed by atoms with van der Waals surface area (Å²) in [6.45, 7) is 5.35. The summed E-state index contributed by atoms with van der Waals surface area (Å²) in [5, 5.41) is 3.20. The minimum atomic E-state index is -0.472. The minimum Gasteiger partial charge on any atom is -0.497 e. The molecule has 0 aliphatic rings. The molecular formula is C16H25NO4. The van der Waals surface area contributed by atoms with E-state index in [1.165, 1.54) is 7.11 Å². The molecule has 0 heterocycles. The molecule has 1 aromatic carbocycles.